The summed E-state index contributed by atoms with van der Waals surface area (Å²) in [5.74, 6) is -0.679. The first-order chi connectivity index (χ1) is 15.5. The molecule has 0 aromatic heterocycles. The molecule has 0 saturated carbocycles. The van der Waals surface area contributed by atoms with Crippen LogP contribution in [0.1, 0.15) is 34.6 Å². The van der Waals surface area contributed by atoms with Crippen LogP contribution in [0.5, 0.6) is 0 Å². The molecular weight excluding hydrogens is 406 g/mol. The molecule has 3 nitrogen and oxygen atoms in total. The van der Waals surface area contributed by atoms with Crippen LogP contribution in [0.15, 0.2) is 72.8 Å². The highest BCUT2D eigenvalue weighted by Gasteiger charge is 2.32. The summed E-state index contributed by atoms with van der Waals surface area (Å²) in [4.78, 5) is 15.3. The van der Waals surface area contributed by atoms with E-state index < -0.39 is 0 Å². The van der Waals surface area contributed by atoms with Gasteiger partial charge in [0.15, 0.2) is 0 Å². The summed E-state index contributed by atoms with van der Waals surface area (Å²) in [6.07, 6.45) is 0.728. The summed E-state index contributed by atoms with van der Waals surface area (Å²) >= 11 is 0. The molecule has 5 heteroatoms. The number of carbonyl (C=O) groups is 1. The molecule has 0 aliphatic carbocycles. The third kappa shape index (κ3) is 5.60. The fraction of sp³-hybridized carbons (Fsp3) is 0.296. The number of rotatable bonds is 6. The Morgan fingerprint density at radius 2 is 1.81 bits per heavy atom. The van der Waals surface area contributed by atoms with Gasteiger partial charge in [-0.2, -0.15) is 0 Å². The molecule has 1 aliphatic heterocycles. The van der Waals surface area contributed by atoms with Crippen LogP contribution in [0.2, 0.25) is 0 Å². The van der Waals surface area contributed by atoms with Gasteiger partial charge in [-0.1, -0.05) is 60.2 Å². The molecule has 1 saturated heterocycles. The van der Waals surface area contributed by atoms with Gasteiger partial charge in [0.1, 0.15) is 11.6 Å². The van der Waals surface area contributed by atoms with E-state index in [-0.39, 0.29) is 35.9 Å². The first-order valence-corrected chi connectivity index (χ1v) is 11.0. The van der Waals surface area contributed by atoms with E-state index in [0.29, 0.717) is 18.7 Å². The van der Waals surface area contributed by atoms with Crippen molar-refractivity contribution in [3.05, 3.63) is 107 Å². The van der Waals surface area contributed by atoms with Crippen LogP contribution < -0.4 is 5.32 Å². The Hall–Kier alpha value is -3.05. The monoisotopic (exact) mass is 434 g/mol. The van der Waals surface area contributed by atoms with Crippen molar-refractivity contribution in [1.82, 2.24) is 10.2 Å². The summed E-state index contributed by atoms with van der Waals surface area (Å²) in [5, 5.41) is 2.92. The van der Waals surface area contributed by atoms with E-state index in [2.05, 4.69) is 35.3 Å². The highest BCUT2D eigenvalue weighted by atomic mass is 19.1. The summed E-state index contributed by atoms with van der Waals surface area (Å²) in [6.45, 7) is 4.20. The number of carbonyl (C=O) groups excluding carboxylic acids is 1. The Morgan fingerprint density at radius 1 is 1.00 bits per heavy atom. The fourth-order valence-electron chi connectivity index (χ4n) is 4.54. The minimum Gasteiger partial charge on any atom is -0.352 e. The number of hydrogen-bond donors (Lipinski definition) is 1. The van der Waals surface area contributed by atoms with Crippen LogP contribution in [0.4, 0.5) is 8.78 Å². The van der Waals surface area contributed by atoms with E-state index in [9.17, 15) is 13.6 Å². The third-order valence-electron chi connectivity index (χ3n) is 6.12. The van der Waals surface area contributed by atoms with Crippen molar-refractivity contribution in [2.24, 2.45) is 5.92 Å². The zero-order chi connectivity index (χ0) is 22.5. The number of hydrogen-bond acceptors (Lipinski definition) is 2. The minimum absolute atomic E-state index is 0.0742. The summed E-state index contributed by atoms with van der Waals surface area (Å²) in [5.41, 5.74) is 3.76. The van der Waals surface area contributed by atoms with Gasteiger partial charge in [-0.05, 0) is 48.6 Å². The molecule has 0 spiro atoms. The smallest absolute Gasteiger partial charge is 0.224 e. The van der Waals surface area contributed by atoms with Crippen LogP contribution in [-0.2, 0) is 17.9 Å². The molecular formula is C27H28F2N2O. The number of nitrogens with zero attached hydrogens (tertiary/aromatic N) is 1. The van der Waals surface area contributed by atoms with Crippen molar-refractivity contribution >= 4 is 5.91 Å². The molecule has 1 N–H and O–H groups in total. The quantitative estimate of drug-likeness (QED) is 0.579. The number of benzene rings is 3. The first-order valence-electron chi connectivity index (χ1n) is 11.0. The predicted octanol–water partition coefficient (Wildman–Crippen LogP) is 5.20. The molecule has 0 bridgehead atoms. The van der Waals surface area contributed by atoms with Gasteiger partial charge in [0, 0.05) is 31.7 Å². The maximum atomic E-state index is 14.0. The molecule has 3 aromatic rings. The van der Waals surface area contributed by atoms with Crippen LogP contribution >= 0.6 is 0 Å². The van der Waals surface area contributed by atoms with Crippen LogP contribution in [0, 0.1) is 24.5 Å². The molecule has 2 unspecified atom stereocenters. The van der Waals surface area contributed by atoms with E-state index in [0.717, 1.165) is 18.5 Å². The van der Waals surface area contributed by atoms with Crippen LogP contribution in [-0.4, -0.2) is 23.9 Å². The van der Waals surface area contributed by atoms with Gasteiger partial charge in [-0.3, -0.25) is 9.69 Å². The molecule has 166 valence electrons. The van der Waals surface area contributed by atoms with Crippen molar-refractivity contribution in [2.45, 2.75) is 32.4 Å². The Kier molecular flexibility index (Phi) is 6.96. The number of amides is 1. The maximum Gasteiger partial charge on any atom is 0.224 e. The van der Waals surface area contributed by atoms with Crippen LogP contribution in [0.3, 0.4) is 0 Å². The number of nitrogens with one attached hydrogen (secondary N) is 1. The highest BCUT2D eigenvalue weighted by molar-refractivity contribution is 5.79. The SMILES string of the molecule is Cc1cccc(C2CC(C(=O)NCc3ccccc3F)CN(Cc3cccc(F)c3)C2)c1. The zero-order valence-electron chi connectivity index (χ0n) is 18.2. The summed E-state index contributed by atoms with van der Waals surface area (Å²) in [6, 6.07) is 21.5. The van der Waals surface area contributed by atoms with Crippen molar-refractivity contribution in [1.29, 1.82) is 0 Å². The maximum absolute atomic E-state index is 14.0. The molecule has 32 heavy (non-hydrogen) atoms. The van der Waals surface area contributed by atoms with Gasteiger partial charge in [0.25, 0.3) is 0 Å². The van der Waals surface area contributed by atoms with Crippen molar-refractivity contribution in [2.75, 3.05) is 13.1 Å². The molecule has 2 atom stereocenters. The van der Waals surface area contributed by atoms with E-state index in [1.165, 1.54) is 23.3 Å². The first kappa shape index (κ1) is 22.2. The molecule has 0 radical (unpaired) electrons. The second kappa shape index (κ2) is 10.0. The lowest BCUT2D eigenvalue weighted by atomic mass is 9.83. The van der Waals surface area contributed by atoms with Crippen LogP contribution in [0.25, 0.3) is 0 Å². The Bertz CT molecular complexity index is 1080. The second-order valence-electron chi connectivity index (χ2n) is 8.68. The number of aryl methyl sites for hydroxylation is 1. The zero-order valence-corrected chi connectivity index (χ0v) is 18.2. The number of halogens is 2. The Labute approximate surface area is 188 Å². The summed E-state index contributed by atoms with van der Waals surface area (Å²) in [7, 11) is 0. The molecule has 3 aromatic carbocycles. The van der Waals surface area contributed by atoms with Gasteiger partial charge in [0.2, 0.25) is 5.91 Å². The lowest BCUT2D eigenvalue weighted by Gasteiger charge is -2.37. The average molecular weight is 435 g/mol. The normalized spacial score (nSPS) is 19.0. The molecule has 4 rings (SSSR count). The van der Waals surface area contributed by atoms with Gasteiger partial charge < -0.3 is 5.32 Å². The van der Waals surface area contributed by atoms with E-state index in [1.807, 2.05) is 12.1 Å². The molecule has 1 aliphatic rings. The number of piperidine rings is 1. The van der Waals surface area contributed by atoms with Gasteiger partial charge in [-0.25, -0.2) is 8.78 Å². The van der Waals surface area contributed by atoms with Gasteiger partial charge in [0.05, 0.1) is 5.92 Å². The Balaban J connectivity index is 1.50. The summed E-state index contributed by atoms with van der Waals surface area (Å²) < 4.78 is 27.6. The van der Waals surface area contributed by atoms with Crippen molar-refractivity contribution < 1.29 is 13.6 Å². The number of likely N-dealkylation sites (tertiary alicyclic amines) is 1. The highest BCUT2D eigenvalue weighted by Crippen LogP contribution is 2.32. The largest absolute Gasteiger partial charge is 0.352 e. The van der Waals surface area contributed by atoms with Crippen molar-refractivity contribution in [3.8, 4) is 0 Å². The Morgan fingerprint density at radius 3 is 2.59 bits per heavy atom. The van der Waals surface area contributed by atoms with E-state index in [1.54, 1.807) is 30.3 Å². The van der Waals surface area contributed by atoms with E-state index in [4.69, 9.17) is 0 Å². The third-order valence-corrected chi connectivity index (χ3v) is 6.12. The lowest BCUT2D eigenvalue weighted by molar-refractivity contribution is -0.127. The molecule has 1 heterocycles. The second-order valence-corrected chi connectivity index (χ2v) is 8.68. The standard InChI is InChI=1S/C27H28F2N2O/c1-19-6-4-9-21(12-19)23-14-24(27(32)30-15-22-8-2-3-11-26(22)29)18-31(17-23)16-20-7-5-10-25(28)13-20/h2-13,23-24H,14-18H2,1H3,(H,30,32). The van der Waals surface area contributed by atoms with Gasteiger partial charge in [-0.15, -0.1) is 0 Å². The lowest BCUT2D eigenvalue weighted by Crippen LogP contribution is -2.45. The molecule has 1 fully saturated rings. The molecule has 1 amide bonds. The fourth-order valence-corrected chi connectivity index (χ4v) is 4.54. The average Bonchev–Trinajstić information content (AvgIpc) is 2.78. The van der Waals surface area contributed by atoms with E-state index >= 15 is 0 Å². The van der Waals surface area contributed by atoms with Gasteiger partial charge >= 0.3 is 0 Å². The topological polar surface area (TPSA) is 32.3 Å². The minimum atomic E-state index is -0.318. The predicted molar refractivity (Wildman–Crippen MR) is 122 cm³/mol. The van der Waals surface area contributed by atoms with Crippen molar-refractivity contribution in [3.63, 3.8) is 0 Å².